The zero-order valence-corrected chi connectivity index (χ0v) is 9.29. The summed E-state index contributed by atoms with van der Waals surface area (Å²) >= 11 is 0. The predicted molar refractivity (Wildman–Crippen MR) is 56.4 cm³/mol. The first-order valence-corrected chi connectivity index (χ1v) is 5.53. The molecule has 1 heterocycles. The van der Waals surface area contributed by atoms with Gasteiger partial charge in [-0.05, 0) is 26.3 Å². The van der Waals surface area contributed by atoms with Crippen molar-refractivity contribution >= 4 is 5.78 Å². The molecule has 0 N–H and O–H groups in total. The Morgan fingerprint density at radius 3 is 2.64 bits per heavy atom. The summed E-state index contributed by atoms with van der Waals surface area (Å²) in [6, 6.07) is 0.546. The Bertz CT molecular complexity index is 176. The third-order valence-electron chi connectivity index (χ3n) is 2.77. The van der Waals surface area contributed by atoms with E-state index in [1.165, 1.54) is 0 Å². The van der Waals surface area contributed by atoms with Crippen LogP contribution in [0.5, 0.6) is 0 Å². The summed E-state index contributed by atoms with van der Waals surface area (Å²) in [5.41, 5.74) is 0. The van der Waals surface area contributed by atoms with Crippen molar-refractivity contribution in [3.05, 3.63) is 0 Å². The second-order valence-corrected chi connectivity index (χ2v) is 4.05. The normalized spacial score (nSPS) is 18.8. The molecule has 0 bridgehead atoms. The molecule has 82 valence electrons. The van der Waals surface area contributed by atoms with Crippen LogP contribution >= 0.6 is 0 Å². The molecule has 1 aliphatic rings. The van der Waals surface area contributed by atoms with Crippen molar-refractivity contribution in [2.24, 2.45) is 0 Å². The summed E-state index contributed by atoms with van der Waals surface area (Å²) in [5, 5.41) is 0. The van der Waals surface area contributed by atoms with Gasteiger partial charge in [-0.3, -0.25) is 9.69 Å². The van der Waals surface area contributed by atoms with Gasteiger partial charge in [-0.25, -0.2) is 0 Å². The molecule has 0 amide bonds. The number of hydrogen-bond acceptors (Lipinski definition) is 3. The Hall–Kier alpha value is -0.410. The molecule has 0 radical (unpaired) electrons. The Morgan fingerprint density at radius 1 is 1.43 bits per heavy atom. The Balaban J connectivity index is 2.25. The summed E-state index contributed by atoms with van der Waals surface area (Å²) in [5.74, 6) is 0.362. The van der Waals surface area contributed by atoms with Crippen molar-refractivity contribution in [3.8, 4) is 0 Å². The molecule has 0 aromatic rings. The second kappa shape index (κ2) is 6.14. The third kappa shape index (κ3) is 3.76. The van der Waals surface area contributed by atoms with E-state index in [-0.39, 0.29) is 0 Å². The van der Waals surface area contributed by atoms with Crippen LogP contribution in [0.4, 0.5) is 0 Å². The molecule has 1 saturated heterocycles. The highest BCUT2D eigenvalue weighted by atomic mass is 16.5. The van der Waals surface area contributed by atoms with E-state index >= 15 is 0 Å². The van der Waals surface area contributed by atoms with Crippen LogP contribution in [-0.2, 0) is 9.53 Å². The molecule has 0 aromatic carbocycles. The highest BCUT2D eigenvalue weighted by Gasteiger charge is 2.19. The van der Waals surface area contributed by atoms with E-state index in [0.29, 0.717) is 24.8 Å². The number of Topliss-reactive ketones (excluding diaryl/α,β-unsaturated/α-hetero) is 1. The molecule has 1 aliphatic heterocycles. The van der Waals surface area contributed by atoms with Crippen LogP contribution in [0.3, 0.4) is 0 Å². The molecule has 0 saturated carbocycles. The van der Waals surface area contributed by atoms with E-state index in [0.717, 1.165) is 32.5 Å². The molecule has 3 nitrogen and oxygen atoms in total. The van der Waals surface area contributed by atoms with Crippen LogP contribution < -0.4 is 0 Å². The van der Waals surface area contributed by atoms with Crippen LogP contribution in [0.1, 0.15) is 32.6 Å². The van der Waals surface area contributed by atoms with E-state index in [1.807, 2.05) is 14.0 Å². The number of carbonyl (C=O) groups is 1. The topological polar surface area (TPSA) is 29.5 Å². The SMILES string of the molecule is CCCC(=O)CN(C)C1CCOCC1. The summed E-state index contributed by atoms with van der Waals surface area (Å²) in [4.78, 5) is 13.6. The Kier molecular flexibility index (Phi) is 5.12. The van der Waals surface area contributed by atoms with Crippen molar-refractivity contribution in [2.45, 2.75) is 38.6 Å². The monoisotopic (exact) mass is 199 g/mol. The van der Waals surface area contributed by atoms with Gasteiger partial charge in [-0.1, -0.05) is 6.92 Å². The third-order valence-corrected chi connectivity index (χ3v) is 2.77. The largest absolute Gasteiger partial charge is 0.381 e. The van der Waals surface area contributed by atoms with Crippen LogP contribution in [0.2, 0.25) is 0 Å². The van der Waals surface area contributed by atoms with Crippen molar-refractivity contribution in [1.29, 1.82) is 0 Å². The van der Waals surface area contributed by atoms with Gasteiger partial charge < -0.3 is 4.74 Å². The molecule has 0 aromatic heterocycles. The number of carbonyl (C=O) groups excluding carboxylic acids is 1. The summed E-state index contributed by atoms with van der Waals surface area (Å²) in [6.45, 7) is 4.35. The van der Waals surface area contributed by atoms with E-state index in [2.05, 4.69) is 4.90 Å². The number of ketones is 1. The minimum atomic E-state index is 0.362. The number of rotatable bonds is 5. The highest BCUT2D eigenvalue weighted by Crippen LogP contribution is 2.12. The molecule has 1 fully saturated rings. The molecule has 0 aliphatic carbocycles. The van der Waals surface area contributed by atoms with Crippen molar-refractivity contribution in [3.63, 3.8) is 0 Å². The van der Waals surface area contributed by atoms with Gasteiger partial charge in [0.25, 0.3) is 0 Å². The fourth-order valence-corrected chi connectivity index (χ4v) is 1.89. The Labute approximate surface area is 86.4 Å². The van der Waals surface area contributed by atoms with Gasteiger partial charge in [-0.15, -0.1) is 0 Å². The average molecular weight is 199 g/mol. The number of likely N-dealkylation sites (N-methyl/N-ethyl adjacent to an activating group) is 1. The van der Waals surface area contributed by atoms with Crippen LogP contribution in [0, 0.1) is 0 Å². The quantitative estimate of drug-likeness (QED) is 0.671. The summed E-state index contributed by atoms with van der Waals surface area (Å²) in [7, 11) is 2.05. The first kappa shape index (κ1) is 11.7. The zero-order chi connectivity index (χ0) is 10.4. The lowest BCUT2D eigenvalue weighted by Crippen LogP contribution is -2.39. The van der Waals surface area contributed by atoms with Crippen molar-refractivity contribution in [1.82, 2.24) is 4.90 Å². The van der Waals surface area contributed by atoms with Gasteiger partial charge in [0.05, 0.1) is 6.54 Å². The molecular formula is C11H21NO2. The lowest BCUT2D eigenvalue weighted by molar-refractivity contribution is -0.120. The molecule has 0 atom stereocenters. The zero-order valence-electron chi connectivity index (χ0n) is 9.29. The number of hydrogen-bond donors (Lipinski definition) is 0. The molecule has 3 heteroatoms. The van der Waals surface area contributed by atoms with Crippen molar-refractivity contribution < 1.29 is 9.53 Å². The predicted octanol–water partition coefficient (Wildman–Crippen LogP) is 1.47. The standard InChI is InChI=1S/C11H21NO2/c1-3-4-11(13)9-12(2)10-5-7-14-8-6-10/h10H,3-9H2,1-2H3. The maximum absolute atomic E-state index is 11.4. The number of nitrogens with zero attached hydrogens (tertiary/aromatic N) is 1. The van der Waals surface area contributed by atoms with Crippen molar-refractivity contribution in [2.75, 3.05) is 26.8 Å². The van der Waals surface area contributed by atoms with Gasteiger partial charge in [0, 0.05) is 25.7 Å². The molecule has 1 rings (SSSR count). The van der Waals surface area contributed by atoms with Crippen LogP contribution in [-0.4, -0.2) is 43.5 Å². The second-order valence-electron chi connectivity index (χ2n) is 4.05. The van der Waals surface area contributed by atoms with E-state index < -0.39 is 0 Å². The molecule has 0 unspecified atom stereocenters. The maximum atomic E-state index is 11.4. The maximum Gasteiger partial charge on any atom is 0.146 e. The summed E-state index contributed by atoms with van der Waals surface area (Å²) in [6.07, 6.45) is 3.81. The molecule has 0 spiro atoms. The minimum absolute atomic E-state index is 0.362. The molecular weight excluding hydrogens is 178 g/mol. The van der Waals surface area contributed by atoms with Gasteiger partial charge in [0.1, 0.15) is 5.78 Å². The van der Waals surface area contributed by atoms with Gasteiger partial charge in [0.2, 0.25) is 0 Å². The first-order valence-electron chi connectivity index (χ1n) is 5.53. The lowest BCUT2D eigenvalue weighted by atomic mass is 10.1. The highest BCUT2D eigenvalue weighted by molar-refractivity contribution is 5.80. The molecule has 14 heavy (non-hydrogen) atoms. The van der Waals surface area contributed by atoms with E-state index in [9.17, 15) is 4.79 Å². The average Bonchev–Trinajstić information content (AvgIpc) is 2.19. The smallest absolute Gasteiger partial charge is 0.146 e. The van der Waals surface area contributed by atoms with Gasteiger partial charge >= 0.3 is 0 Å². The Morgan fingerprint density at radius 2 is 2.07 bits per heavy atom. The minimum Gasteiger partial charge on any atom is -0.381 e. The fourth-order valence-electron chi connectivity index (χ4n) is 1.89. The number of ether oxygens (including phenoxy) is 1. The van der Waals surface area contributed by atoms with E-state index in [4.69, 9.17) is 4.74 Å². The fraction of sp³-hybridized carbons (Fsp3) is 0.909. The summed E-state index contributed by atoms with van der Waals surface area (Å²) < 4.78 is 5.29. The lowest BCUT2D eigenvalue weighted by Gasteiger charge is -2.30. The van der Waals surface area contributed by atoms with Gasteiger partial charge in [0.15, 0.2) is 0 Å². The first-order chi connectivity index (χ1) is 6.74. The van der Waals surface area contributed by atoms with Crippen LogP contribution in [0.25, 0.3) is 0 Å². The van der Waals surface area contributed by atoms with E-state index in [1.54, 1.807) is 0 Å². The van der Waals surface area contributed by atoms with Gasteiger partial charge in [-0.2, -0.15) is 0 Å². The van der Waals surface area contributed by atoms with Crippen LogP contribution in [0.15, 0.2) is 0 Å².